The summed E-state index contributed by atoms with van der Waals surface area (Å²) in [6.45, 7) is 4.75. The van der Waals surface area contributed by atoms with Gasteiger partial charge in [-0.2, -0.15) is 0 Å². The largest absolute Gasteiger partial charge is 0.298 e. The summed E-state index contributed by atoms with van der Waals surface area (Å²) in [4.78, 5) is 11.1. The van der Waals surface area contributed by atoms with E-state index in [-0.39, 0.29) is 5.54 Å². The van der Waals surface area contributed by atoms with Gasteiger partial charge in [0.05, 0.1) is 5.54 Å². The fourth-order valence-electron chi connectivity index (χ4n) is 1.28. The van der Waals surface area contributed by atoms with Gasteiger partial charge in [0, 0.05) is 29.4 Å². The summed E-state index contributed by atoms with van der Waals surface area (Å²) < 4.78 is 2.12. The van der Waals surface area contributed by atoms with Crippen molar-refractivity contribution in [2.24, 2.45) is 0 Å². The fraction of sp³-hybridized carbons (Fsp3) is 0.857. The first kappa shape index (κ1) is 8.46. The zero-order valence-corrected chi connectivity index (χ0v) is 8.51. The minimum Gasteiger partial charge on any atom is -0.298 e. The average molecular weight is 253 g/mol. The first-order chi connectivity index (χ1) is 4.57. The van der Waals surface area contributed by atoms with E-state index >= 15 is 0 Å². The molecule has 2 nitrogen and oxygen atoms in total. The van der Waals surface area contributed by atoms with E-state index in [0.29, 0.717) is 5.78 Å². The van der Waals surface area contributed by atoms with Crippen molar-refractivity contribution in [3.63, 3.8) is 0 Å². The Hall–Kier alpha value is 0.360. The highest BCUT2D eigenvalue weighted by atomic mass is 127. The maximum Gasteiger partial charge on any atom is 0.150 e. The molecule has 0 saturated carbocycles. The zero-order valence-electron chi connectivity index (χ0n) is 6.35. The van der Waals surface area contributed by atoms with E-state index in [1.807, 2.05) is 6.92 Å². The Morgan fingerprint density at radius 3 is 2.50 bits per heavy atom. The summed E-state index contributed by atoms with van der Waals surface area (Å²) in [7, 11) is 0. The Morgan fingerprint density at radius 1 is 1.70 bits per heavy atom. The molecule has 1 aliphatic rings. The molecule has 1 heterocycles. The first-order valence-corrected chi connectivity index (χ1v) is 4.48. The van der Waals surface area contributed by atoms with E-state index in [9.17, 15) is 4.79 Å². The van der Waals surface area contributed by atoms with Crippen molar-refractivity contribution in [2.75, 3.05) is 6.54 Å². The van der Waals surface area contributed by atoms with Gasteiger partial charge in [-0.05, 0) is 26.7 Å². The number of Topliss-reactive ketones (excluding diaryl/α,β-unsaturated/α-hetero) is 1. The van der Waals surface area contributed by atoms with Gasteiger partial charge < -0.3 is 0 Å². The molecule has 0 aromatic rings. The van der Waals surface area contributed by atoms with Crippen molar-refractivity contribution in [3.05, 3.63) is 0 Å². The van der Waals surface area contributed by atoms with Crippen molar-refractivity contribution in [2.45, 2.75) is 32.2 Å². The van der Waals surface area contributed by atoms with Crippen LogP contribution < -0.4 is 0 Å². The summed E-state index contributed by atoms with van der Waals surface area (Å²) in [6.07, 6.45) is 2.17. The maximum absolute atomic E-state index is 11.1. The molecule has 1 atom stereocenters. The molecule has 1 fully saturated rings. The maximum atomic E-state index is 11.1. The number of carbonyl (C=O) groups excluding carboxylic acids is 1. The minimum atomic E-state index is -0.166. The fourth-order valence-corrected chi connectivity index (χ4v) is 2.20. The first-order valence-electron chi connectivity index (χ1n) is 3.52. The smallest absolute Gasteiger partial charge is 0.150 e. The summed E-state index contributed by atoms with van der Waals surface area (Å²) >= 11 is 2.24. The third-order valence-electron chi connectivity index (χ3n) is 2.31. The van der Waals surface area contributed by atoms with Crippen LogP contribution in [0.25, 0.3) is 0 Å². The van der Waals surface area contributed by atoms with Crippen LogP contribution >= 0.6 is 22.9 Å². The van der Waals surface area contributed by atoms with Crippen LogP contribution in [0.3, 0.4) is 0 Å². The van der Waals surface area contributed by atoms with Gasteiger partial charge >= 0.3 is 0 Å². The van der Waals surface area contributed by atoms with Gasteiger partial charge in [-0.1, -0.05) is 0 Å². The predicted octanol–water partition coefficient (Wildman–Crippen LogP) is 1.78. The topological polar surface area (TPSA) is 20.3 Å². The molecule has 0 aromatic heterocycles. The van der Waals surface area contributed by atoms with E-state index in [1.165, 1.54) is 0 Å². The quantitative estimate of drug-likeness (QED) is 0.524. The summed E-state index contributed by atoms with van der Waals surface area (Å²) in [5.74, 6) is 0.291. The number of rotatable bonds is 1. The van der Waals surface area contributed by atoms with Crippen molar-refractivity contribution in [1.29, 1.82) is 0 Å². The summed E-state index contributed by atoms with van der Waals surface area (Å²) in [6, 6.07) is 0. The third-order valence-corrected chi connectivity index (χ3v) is 3.86. The molecular weight excluding hydrogens is 241 g/mol. The lowest BCUT2D eigenvalue weighted by atomic mass is 9.96. The van der Waals surface area contributed by atoms with Gasteiger partial charge in [-0.25, -0.2) is 3.11 Å². The molecule has 1 saturated heterocycles. The van der Waals surface area contributed by atoms with Crippen LogP contribution in [0.4, 0.5) is 0 Å². The molecule has 0 amide bonds. The molecule has 58 valence electrons. The van der Waals surface area contributed by atoms with E-state index in [1.54, 1.807) is 6.92 Å². The Kier molecular flexibility index (Phi) is 2.34. The zero-order chi connectivity index (χ0) is 7.78. The molecule has 3 heteroatoms. The SMILES string of the molecule is CC(=O)C1(C)CCCN1I. The number of hydrogen-bond acceptors (Lipinski definition) is 2. The highest BCUT2D eigenvalue weighted by Crippen LogP contribution is 2.32. The van der Waals surface area contributed by atoms with Gasteiger partial charge in [0.1, 0.15) is 5.78 Å². The lowest BCUT2D eigenvalue weighted by Crippen LogP contribution is -2.40. The summed E-state index contributed by atoms with van der Waals surface area (Å²) in [5.41, 5.74) is -0.166. The van der Waals surface area contributed by atoms with Crippen LogP contribution in [0.1, 0.15) is 26.7 Å². The van der Waals surface area contributed by atoms with Crippen molar-refractivity contribution in [3.8, 4) is 0 Å². The average Bonchev–Trinajstić information content (AvgIpc) is 2.15. The lowest BCUT2D eigenvalue weighted by Gasteiger charge is -2.26. The van der Waals surface area contributed by atoms with Crippen molar-refractivity contribution in [1.82, 2.24) is 3.11 Å². The van der Waals surface area contributed by atoms with E-state index in [0.717, 1.165) is 19.4 Å². The minimum absolute atomic E-state index is 0.166. The van der Waals surface area contributed by atoms with Gasteiger partial charge in [0.15, 0.2) is 0 Å². The number of hydrogen-bond donors (Lipinski definition) is 0. The van der Waals surface area contributed by atoms with E-state index in [4.69, 9.17) is 0 Å². The van der Waals surface area contributed by atoms with Crippen LogP contribution in [0, 0.1) is 0 Å². The van der Waals surface area contributed by atoms with Gasteiger partial charge in [0.2, 0.25) is 0 Å². The van der Waals surface area contributed by atoms with Gasteiger partial charge in [-0.15, -0.1) is 0 Å². The molecule has 0 aliphatic carbocycles. The normalized spacial score (nSPS) is 34.7. The lowest BCUT2D eigenvalue weighted by molar-refractivity contribution is -0.123. The monoisotopic (exact) mass is 253 g/mol. The third kappa shape index (κ3) is 1.21. The molecule has 1 rings (SSSR count). The molecule has 0 radical (unpaired) electrons. The second-order valence-electron chi connectivity index (χ2n) is 3.02. The molecule has 1 unspecified atom stereocenters. The molecule has 0 spiro atoms. The number of halogens is 1. The van der Waals surface area contributed by atoms with Crippen LogP contribution in [0.15, 0.2) is 0 Å². The van der Waals surface area contributed by atoms with E-state index in [2.05, 4.69) is 26.0 Å². The molecule has 10 heavy (non-hydrogen) atoms. The number of ketones is 1. The summed E-state index contributed by atoms with van der Waals surface area (Å²) in [5, 5.41) is 0. The van der Waals surface area contributed by atoms with Crippen LogP contribution in [-0.4, -0.2) is 21.0 Å². The van der Waals surface area contributed by atoms with E-state index < -0.39 is 0 Å². The number of nitrogens with zero attached hydrogens (tertiary/aromatic N) is 1. The van der Waals surface area contributed by atoms with Gasteiger partial charge in [-0.3, -0.25) is 4.79 Å². The second-order valence-corrected chi connectivity index (χ2v) is 4.18. The highest BCUT2D eigenvalue weighted by molar-refractivity contribution is 14.1. The Bertz CT molecular complexity index is 160. The Morgan fingerprint density at radius 2 is 2.30 bits per heavy atom. The van der Waals surface area contributed by atoms with Crippen LogP contribution in [0.2, 0.25) is 0 Å². The molecule has 1 aliphatic heterocycles. The second kappa shape index (κ2) is 2.77. The molecule has 0 N–H and O–H groups in total. The van der Waals surface area contributed by atoms with Crippen molar-refractivity contribution < 1.29 is 4.79 Å². The predicted molar refractivity (Wildman–Crippen MR) is 49.0 cm³/mol. The standard InChI is InChI=1S/C7H12INO/c1-6(10)7(2)4-3-5-9(7)8/h3-5H2,1-2H3. The number of carbonyl (C=O) groups is 1. The highest BCUT2D eigenvalue weighted by Gasteiger charge is 2.39. The van der Waals surface area contributed by atoms with Crippen LogP contribution in [0.5, 0.6) is 0 Å². The Balaban J connectivity index is 2.75. The van der Waals surface area contributed by atoms with Gasteiger partial charge in [0.25, 0.3) is 0 Å². The molecule has 0 bridgehead atoms. The van der Waals surface area contributed by atoms with Crippen LogP contribution in [-0.2, 0) is 4.79 Å². The molecular formula is C7H12INO. The Labute approximate surface area is 75.5 Å². The molecule has 0 aromatic carbocycles. The van der Waals surface area contributed by atoms with Crippen molar-refractivity contribution >= 4 is 28.6 Å².